The van der Waals surface area contributed by atoms with Crippen molar-refractivity contribution < 1.29 is 19.1 Å². The molecule has 4 heteroatoms. The van der Waals surface area contributed by atoms with E-state index in [9.17, 15) is 9.59 Å². The Bertz CT molecular complexity index is 658. The highest BCUT2D eigenvalue weighted by atomic mass is 16.5. The van der Waals surface area contributed by atoms with Crippen LogP contribution >= 0.6 is 0 Å². The summed E-state index contributed by atoms with van der Waals surface area (Å²) in [5.74, 6) is -0.719. The molecule has 0 spiro atoms. The molecule has 3 rings (SSSR count). The van der Waals surface area contributed by atoms with Crippen molar-refractivity contribution in [3.63, 3.8) is 0 Å². The number of carbonyl (C=O) groups excluding carboxylic acids is 2. The molecule has 0 saturated heterocycles. The molecule has 4 nitrogen and oxygen atoms in total. The molecule has 2 fully saturated rings. The maximum absolute atomic E-state index is 12.5. The minimum Gasteiger partial charge on any atom is -0.468 e. The number of esters is 1. The van der Waals surface area contributed by atoms with Gasteiger partial charge in [0.1, 0.15) is 11.7 Å². The number of ketones is 1. The van der Waals surface area contributed by atoms with Crippen LogP contribution in [-0.4, -0.2) is 25.0 Å². The van der Waals surface area contributed by atoms with E-state index in [1.165, 1.54) is 12.7 Å². The molecular weight excluding hydrogens is 328 g/mol. The van der Waals surface area contributed by atoms with Gasteiger partial charge < -0.3 is 9.47 Å². The fourth-order valence-electron chi connectivity index (χ4n) is 5.50. The molecule has 0 amide bonds. The molecule has 0 radical (unpaired) electrons. The molecule has 1 aromatic rings. The summed E-state index contributed by atoms with van der Waals surface area (Å²) in [6.07, 6.45) is 3.06. The van der Waals surface area contributed by atoms with E-state index in [0.29, 0.717) is 13.0 Å². The third-order valence-electron chi connectivity index (χ3n) is 6.86. The number of rotatable bonds is 4. The van der Waals surface area contributed by atoms with Crippen LogP contribution < -0.4 is 0 Å². The summed E-state index contributed by atoms with van der Waals surface area (Å²) < 4.78 is 11.3. The van der Waals surface area contributed by atoms with Gasteiger partial charge in [-0.2, -0.15) is 0 Å². The number of carbonyl (C=O) groups is 2. The van der Waals surface area contributed by atoms with E-state index in [-0.39, 0.29) is 34.6 Å². The number of fused-ring (bicyclic) bond motifs is 1. The Morgan fingerprint density at radius 2 is 1.85 bits per heavy atom. The van der Waals surface area contributed by atoms with E-state index >= 15 is 0 Å². The monoisotopic (exact) mass is 358 g/mol. The van der Waals surface area contributed by atoms with Crippen LogP contribution in [0.25, 0.3) is 0 Å². The molecular formula is C22H30O4. The summed E-state index contributed by atoms with van der Waals surface area (Å²) in [5.41, 5.74) is 0.718. The van der Waals surface area contributed by atoms with Crippen LogP contribution in [0.2, 0.25) is 0 Å². The molecule has 0 unspecified atom stereocenters. The zero-order valence-electron chi connectivity index (χ0n) is 16.3. The predicted molar refractivity (Wildman–Crippen MR) is 99.4 cm³/mol. The average Bonchev–Trinajstić information content (AvgIpc) is 2.61. The molecule has 142 valence electrons. The van der Waals surface area contributed by atoms with Gasteiger partial charge in [-0.05, 0) is 41.6 Å². The maximum atomic E-state index is 12.5. The van der Waals surface area contributed by atoms with E-state index < -0.39 is 5.92 Å². The number of ether oxygens (including phenoxy) is 2. The van der Waals surface area contributed by atoms with Gasteiger partial charge in [-0.1, -0.05) is 51.1 Å². The van der Waals surface area contributed by atoms with Gasteiger partial charge in [0, 0.05) is 6.42 Å². The maximum Gasteiger partial charge on any atom is 0.316 e. The molecule has 0 bridgehead atoms. The first-order valence-corrected chi connectivity index (χ1v) is 9.56. The first-order chi connectivity index (χ1) is 12.3. The van der Waals surface area contributed by atoms with Gasteiger partial charge >= 0.3 is 5.97 Å². The van der Waals surface area contributed by atoms with Crippen LogP contribution in [0.3, 0.4) is 0 Å². The Balaban J connectivity index is 1.80. The number of Topliss-reactive ketones (excluding diaryl/α,β-unsaturated/α-hetero) is 1. The minimum atomic E-state index is -0.638. The lowest BCUT2D eigenvalue weighted by atomic mass is 9.47. The molecule has 0 aliphatic heterocycles. The minimum absolute atomic E-state index is 0.0371. The van der Waals surface area contributed by atoms with Crippen molar-refractivity contribution in [3.05, 3.63) is 35.9 Å². The van der Waals surface area contributed by atoms with E-state index in [2.05, 4.69) is 32.9 Å². The molecule has 2 aliphatic rings. The number of hydrogen-bond acceptors (Lipinski definition) is 4. The standard InChI is InChI=1S/C22H30O4/c1-21(2)17-11-10-16(23)19(20(24)25-4)22(17,3)13-12-18(21)26-14-15-8-6-5-7-9-15/h5-9,17-19H,10-14H2,1-4H3/t17-,18-,19-,22+/m0/s1. The Kier molecular flexibility index (Phi) is 5.25. The van der Waals surface area contributed by atoms with Crippen molar-refractivity contribution in [1.82, 2.24) is 0 Å². The third kappa shape index (κ3) is 3.20. The molecule has 2 aliphatic carbocycles. The van der Waals surface area contributed by atoms with E-state index in [0.717, 1.165) is 19.3 Å². The smallest absolute Gasteiger partial charge is 0.316 e. The lowest BCUT2D eigenvalue weighted by Crippen LogP contribution is -2.58. The Labute approximate surface area is 156 Å². The Morgan fingerprint density at radius 3 is 2.50 bits per heavy atom. The first kappa shape index (κ1) is 19.1. The van der Waals surface area contributed by atoms with Gasteiger partial charge in [0.25, 0.3) is 0 Å². The van der Waals surface area contributed by atoms with Crippen LogP contribution in [0.4, 0.5) is 0 Å². The molecule has 0 aromatic heterocycles. The summed E-state index contributed by atoms with van der Waals surface area (Å²) in [6.45, 7) is 7.16. The summed E-state index contributed by atoms with van der Waals surface area (Å²) >= 11 is 0. The van der Waals surface area contributed by atoms with Crippen LogP contribution in [0.15, 0.2) is 30.3 Å². The van der Waals surface area contributed by atoms with E-state index in [4.69, 9.17) is 9.47 Å². The van der Waals surface area contributed by atoms with Crippen LogP contribution in [0.1, 0.15) is 52.0 Å². The van der Waals surface area contributed by atoms with E-state index in [1.54, 1.807) is 0 Å². The van der Waals surface area contributed by atoms with Crippen molar-refractivity contribution >= 4 is 11.8 Å². The van der Waals surface area contributed by atoms with Crippen molar-refractivity contribution in [2.24, 2.45) is 22.7 Å². The second-order valence-corrected chi connectivity index (χ2v) is 8.66. The highest BCUT2D eigenvalue weighted by Crippen LogP contribution is 2.59. The molecule has 4 atom stereocenters. The number of methoxy groups -OCH3 is 1. The van der Waals surface area contributed by atoms with Crippen LogP contribution in [0.5, 0.6) is 0 Å². The largest absolute Gasteiger partial charge is 0.468 e. The zero-order chi connectivity index (χ0) is 18.9. The average molecular weight is 358 g/mol. The van der Waals surface area contributed by atoms with Crippen LogP contribution in [0, 0.1) is 22.7 Å². The van der Waals surface area contributed by atoms with Gasteiger partial charge in [-0.15, -0.1) is 0 Å². The zero-order valence-corrected chi connectivity index (χ0v) is 16.3. The Hall–Kier alpha value is -1.68. The summed E-state index contributed by atoms with van der Waals surface area (Å²) in [4.78, 5) is 24.9. The third-order valence-corrected chi connectivity index (χ3v) is 6.86. The number of hydrogen-bond donors (Lipinski definition) is 0. The number of benzene rings is 1. The van der Waals surface area contributed by atoms with Crippen molar-refractivity contribution in [3.8, 4) is 0 Å². The summed E-state index contributed by atoms with van der Waals surface area (Å²) in [5, 5.41) is 0. The van der Waals surface area contributed by atoms with Crippen molar-refractivity contribution in [2.45, 2.75) is 59.2 Å². The highest BCUT2D eigenvalue weighted by Gasteiger charge is 2.60. The molecule has 2 saturated carbocycles. The van der Waals surface area contributed by atoms with Gasteiger partial charge in [0.05, 0.1) is 19.8 Å². The lowest BCUT2D eigenvalue weighted by Gasteiger charge is -2.58. The molecule has 0 heterocycles. The van der Waals surface area contributed by atoms with Crippen molar-refractivity contribution in [2.75, 3.05) is 7.11 Å². The van der Waals surface area contributed by atoms with Gasteiger partial charge in [0.2, 0.25) is 0 Å². The fraction of sp³-hybridized carbons (Fsp3) is 0.636. The van der Waals surface area contributed by atoms with Crippen LogP contribution in [-0.2, 0) is 25.7 Å². The summed E-state index contributed by atoms with van der Waals surface area (Å²) in [6, 6.07) is 10.2. The Morgan fingerprint density at radius 1 is 1.15 bits per heavy atom. The second-order valence-electron chi connectivity index (χ2n) is 8.66. The highest BCUT2D eigenvalue weighted by molar-refractivity contribution is 6.00. The molecule has 0 N–H and O–H groups in total. The SMILES string of the molecule is COC(=O)[C@@H]1C(=O)CC[C@H]2C(C)(C)[C@@H](OCc3ccccc3)CC[C@@]12C. The van der Waals surface area contributed by atoms with Gasteiger partial charge in [0.15, 0.2) is 0 Å². The summed E-state index contributed by atoms with van der Waals surface area (Å²) in [7, 11) is 1.38. The lowest BCUT2D eigenvalue weighted by molar-refractivity contribution is -0.183. The van der Waals surface area contributed by atoms with Crippen molar-refractivity contribution in [1.29, 1.82) is 0 Å². The predicted octanol–water partition coefficient (Wildman–Crippen LogP) is 4.17. The fourth-order valence-corrected chi connectivity index (χ4v) is 5.50. The molecule has 26 heavy (non-hydrogen) atoms. The van der Waals surface area contributed by atoms with Gasteiger partial charge in [-0.25, -0.2) is 0 Å². The van der Waals surface area contributed by atoms with E-state index in [1.807, 2.05) is 18.2 Å². The second kappa shape index (κ2) is 7.15. The topological polar surface area (TPSA) is 52.6 Å². The van der Waals surface area contributed by atoms with Gasteiger partial charge in [-0.3, -0.25) is 9.59 Å². The quantitative estimate of drug-likeness (QED) is 0.599. The molecule has 1 aromatic carbocycles. The first-order valence-electron chi connectivity index (χ1n) is 9.56. The normalized spacial score (nSPS) is 33.4.